The van der Waals surface area contributed by atoms with Crippen LogP contribution in [-0.4, -0.2) is 42.9 Å². The SMILES string of the molecule is O=C(Nc1cccc(C(=O)N2CCN(c3ccc(F)cc3)CC2)c1)c1ccco1. The van der Waals surface area contributed by atoms with Gasteiger partial charge in [-0.3, -0.25) is 9.59 Å². The van der Waals surface area contributed by atoms with E-state index in [0.29, 0.717) is 37.4 Å². The van der Waals surface area contributed by atoms with E-state index in [2.05, 4.69) is 10.2 Å². The van der Waals surface area contributed by atoms with Crippen molar-refractivity contribution in [3.8, 4) is 0 Å². The van der Waals surface area contributed by atoms with Gasteiger partial charge in [0.15, 0.2) is 5.76 Å². The van der Waals surface area contributed by atoms with Crippen LogP contribution in [0.15, 0.2) is 71.3 Å². The Hall–Kier alpha value is -3.61. The van der Waals surface area contributed by atoms with Gasteiger partial charge in [0.25, 0.3) is 11.8 Å². The second kappa shape index (κ2) is 8.18. The summed E-state index contributed by atoms with van der Waals surface area (Å²) in [5.41, 5.74) is 1.99. The minimum atomic E-state index is -0.368. The van der Waals surface area contributed by atoms with Crippen LogP contribution in [0.2, 0.25) is 0 Å². The fourth-order valence-corrected chi connectivity index (χ4v) is 3.33. The number of halogens is 1. The van der Waals surface area contributed by atoms with Crippen molar-refractivity contribution < 1.29 is 18.4 Å². The van der Waals surface area contributed by atoms with Crippen molar-refractivity contribution in [2.45, 2.75) is 0 Å². The van der Waals surface area contributed by atoms with Gasteiger partial charge in [-0.2, -0.15) is 0 Å². The molecule has 1 aromatic heterocycles. The number of hydrogen-bond acceptors (Lipinski definition) is 4. The smallest absolute Gasteiger partial charge is 0.291 e. The molecule has 2 amide bonds. The van der Waals surface area contributed by atoms with E-state index in [1.165, 1.54) is 18.4 Å². The third-order valence-corrected chi connectivity index (χ3v) is 4.87. The fraction of sp³-hybridized carbons (Fsp3) is 0.182. The van der Waals surface area contributed by atoms with E-state index in [1.807, 2.05) is 0 Å². The lowest BCUT2D eigenvalue weighted by Crippen LogP contribution is -2.48. The molecule has 0 aliphatic carbocycles. The molecule has 3 aromatic rings. The summed E-state index contributed by atoms with van der Waals surface area (Å²) in [6, 6.07) is 16.4. The fourth-order valence-electron chi connectivity index (χ4n) is 3.33. The summed E-state index contributed by atoms with van der Waals surface area (Å²) in [4.78, 5) is 28.9. The highest BCUT2D eigenvalue weighted by Crippen LogP contribution is 2.19. The molecule has 6 nitrogen and oxygen atoms in total. The molecule has 148 valence electrons. The minimum absolute atomic E-state index is 0.0853. The summed E-state index contributed by atoms with van der Waals surface area (Å²) in [6.45, 7) is 2.48. The first-order valence-corrected chi connectivity index (χ1v) is 9.35. The van der Waals surface area contributed by atoms with Gasteiger partial charge in [-0.15, -0.1) is 0 Å². The monoisotopic (exact) mass is 393 g/mol. The average Bonchev–Trinajstić information content (AvgIpc) is 3.29. The van der Waals surface area contributed by atoms with Crippen molar-refractivity contribution in [1.82, 2.24) is 4.90 Å². The van der Waals surface area contributed by atoms with Crippen LogP contribution in [-0.2, 0) is 0 Å². The van der Waals surface area contributed by atoms with Gasteiger partial charge in [0.1, 0.15) is 5.82 Å². The Morgan fingerprint density at radius 2 is 1.69 bits per heavy atom. The Kier molecular flexibility index (Phi) is 5.29. The van der Waals surface area contributed by atoms with Crippen LogP contribution in [0, 0.1) is 5.82 Å². The Bertz CT molecular complexity index is 994. The molecular weight excluding hydrogens is 373 g/mol. The zero-order valence-electron chi connectivity index (χ0n) is 15.7. The third kappa shape index (κ3) is 4.29. The number of nitrogens with zero attached hydrogens (tertiary/aromatic N) is 2. The lowest BCUT2D eigenvalue weighted by molar-refractivity contribution is 0.0746. The van der Waals surface area contributed by atoms with Crippen molar-refractivity contribution in [1.29, 1.82) is 0 Å². The number of benzene rings is 2. The summed E-state index contributed by atoms with van der Waals surface area (Å²) < 4.78 is 18.2. The van der Waals surface area contributed by atoms with Crippen molar-refractivity contribution in [3.05, 3.63) is 84.1 Å². The lowest BCUT2D eigenvalue weighted by atomic mass is 10.1. The number of nitrogens with one attached hydrogen (secondary N) is 1. The highest BCUT2D eigenvalue weighted by atomic mass is 19.1. The van der Waals surface area contributed by atoms with E-state index >= 15 is 0 Å². The molecule has 0 bridgehead atoms. The largest absolute Gasteiger partial charge is 0.459 e. The molecule has 1 saturated heterocycles. The molecule has 1 aliphatic rings. The zero-order valence-corrected chi connectivity index (χ0v) is 15.7. The van der Waals surface area contributed by atoms with E-state index in [0.717, 1.165) is 5.69 Å². The Balaban J connectivity index is 1.38. The number of anilines is 2. The summed E-state index contributed by atoms with van der Waals surface area (Å²) >= 11 is 0. The van der Waals surface area contributed by atoms with E-state index in [-0.39, 0.29) is 23.4 Å². The number of furan rings is 1. The topological polar surface area (TPSA) is 65.8 Å². The van der Waals surface area contributed by atoms with Crippen LogP contribution in [0.3, 0.4) is 0 Å². The average molecular weight is 393 g/mol. The number of carbonyl (C=O) groups excluding carboxylic acids is 2. The normalized spacial score (nSPS) is 14.0. The van der Waals surface area contributed by atoms with Crippen LogP contribution in [0.4, 0.5) is 15.8 Å². The van der Waals surface area contributed by atoms with Gasteiger partial charge < -0.3 is 19.5 Å². The van der Waals surface area contributed by atoms with Gasteiger partial charge in [0, 0.05) is 43.1 Å². The molecule has 1 N–H and O–H groups in total. The quantitative estimate of drug-likeness (QED) is 0.735. The molecule has 0 saturated carbocycles. The molecule has 2 heterocycles. The van der Waals surface area contributed by atoms with Crippen molar-refractivity contribution in [3.63, 3.8) is 0 Å². The van der Waals surface area contributed by atoms with Crippen LogP contribution in [0.25, 0.3) is 0 Å². The number of rotatable bonds is 4. The molecule has 1 fully saturated rings. The molecule has 4 rings (SSSR count). The molecule has 0 radical (unpaired) electrons. The zero-order chi connectivity index (χ0) is 20.2. The molecule has 29 heavy (non-hydrogen) atoms. The Morgan fingerprint density at radius 1 is 0.931 bits per heavy atom. The first-order chi connectivity index (χ1) is 14.1. The van der Waals surface area contributed by atoms with Gasteiger partial charge in [0.05, 0.1) is 6.26 Å². The summed E-state index contributed by atoms with van der Waals surface area (Å²) in [5, 5.41) is 2.73. The van der Waals surface area contributed by atoms with E-state index in [1.54, 1.807) is 53.4 Å². The summed E-state index contributed by atoms with van der Waals surface area (Å²) in [7, 11) is 0. The maximum absolute atomic E-state index is 13.1. The third-order valence-electron chi connectivity index (χ3n) is 4.87. The minimum Gasteiger partial charge on any atom is -0.459 e. The first kappa shape index (κ1) is 18.7. The van der Waals surface area contributed by atoms with Crippen LogP contribution in [0.5, 0.6) is 0 Å². The molecular formula is C22H20FN3O3. The summed E-state index contributed by atoms with van der Waals surface area (Å²) in [6.07, 6.45) is 1.43. The Morgan fingerprint density at radius 3 is 2.38 bits per heavy atom. The maximum Gasteiger partial charge on any atom is 0.291 e. The molecule has 2 aromatic carbocycles. The highest BCUT2D eigenvalue weighted by molar-refractivity contribution is 6.03. The number of amides is 2. The standard InChI is InChI=1S/C22H20FN3O3/c23-17-6-8-19(9-7-17)25-10-12-26(13-11-25)22(28)16-3-1-4-18(15-16)24-21(27)20-5-2-14-29-20/h1-9,14-15H,10-13H2,(H,24,27). The molecule has 7 heteroatoms. The predicted molar refractivity (Wildman–Crippen MR) is 108 cm³/mol. The highest BCUT2D eigenvalue weighted by Gasteiger charge is 2.22. The summed E-state index contributed by atoms with van der Waals surface area (Å²) in [5.74, 6) is -0.509. The van der Waals surface area contributed by atoms with Gasteiger partial charge >= 0.3 is 0 Å². The van der Waals surface area contributed by atoms with Crippen molar-refractivity contribution in [2.75, 3.05) is 36.4 Å². The second-order valence-corrected chi connectivity index (χ2v) is 6.77. The van der Waals surface area contributed by atoms with Gasteiger partial charge in [0.2, 0.25) is 0 Å². The van der Waals surface area contributed by atoms with Crippen molar-refractivity contribution in [2.24, 2.45) is 0 Å². The van der Waals surface area contributed by atoms with Crippen LogP contribution >= 0.6 is 0 Å². The molecule has 0 spiro atoms. The van der Waals surface area contributed by atoms with Crippen molar-refractivity contribution >= 4 is 23.2 Å². The van der Waals surface area contributed by atoms with Crippen LogP contribution < -0.4 is 10.2 Å². The van der Waals surface area contributed by atoms with Crippen LogP contribution in [0.1, 0.15) is 20.9 Å². The van der Waals surface area contributed by atoms with E-state index in [9.17, 15) is 14.0 Å². The molecule has 0 unspecified atom stereocenters. The molecule has 0 atom stereocenters. The maximum atomic E-state index is 13.1. The second-order valence-electron chi connectivity index (χ2n) is 6.77. The van der Waals surface area contributed by atoms with E-state index < -0.39 is 0 Å². The number of hydrogen-bond donors (Lipinski definition) is 1. The van der Waals surface area contributed by atoms with E-state index in [4.69, 9.17) is 4.42 Å². The van der Waals surface area contributed by atoms with Gasteiger partial charge in [-0.05, 0) is 54.6 Å². The van der Waals surface area contributed by atoms with Gasteiger partial charge in [-0.1, -0.05) is 6.07 Å². The lowest BCUT2D eigenvalue weighted by Gasteiger charge is -2.36. The number of carbonyl (C=O) groups is 2. The first-order valence-electron chi connectivity index (χ1n) is 9.35. The predicted octanol–water partition coefficient (Wildman–Crippen LogP) is 3.63. The molecule has 1 aliphatic heterocycles. The van der Waals surface area contributed by atoms with Gasteiger partial charge in [-0.25, -0.2) is 4.39 Å². The number of piperazine rings is 1. The Labute approximate surface area is 167 Å².